The number of nitrogens with zero attached hydrogens (tertiary/aromatic N) is 4. The highest BCUT2D eigenvalue weighted by Gasteiger charge is 2.29. The highest BCUT2D eigenvalue weighted by Crippen LogP contribution is 2.39. The van der Waals surface area contributed by atoms with Gasteiger partial charge >= 0.3 is 0 Å². The molecule has 36 heavy (non-hydrogen) atoms. The van der Waals surface area contributed by atoms with Crippen LogP contribution in [0.4, 0.5) is 10.9 Å². The van der Waals surface area contributed by atoms with Crippen molar-refractivity contribution in [3.8, 4) is 5.75 Å². The molecule has 1 aromatic carbocycles. The Morgan fingerprint density at radius 2 is 2.11 bits per heavy atom. The van der Waals surface area contributed by atoms with Crippen molar-refractivity contribution in [2.75, 3.05) is 32.1 Å². The smallest absolute Gasteiger partial charge is 0.257 e. The summed E-state index contributed by atoms with van der Waals surface area (Å²) in [5.41, 5.74) is 1.52. The van der Waals surface area contributed by atoms with E-state index in [-0.39, 0.29) is 17.9 Å². The Hall–Kier alpha value is -3.37. The third-order valence-electron chi connectivity index (χ3n) is 5.91. The Labute approximate surface area is 219 Å². The molecule has 4 rings (SSSR count). The summed E-state index contributed by atoms with van der Waals surface area (Å²) in [5, 5.41) is 3.96. The summed E-state index contributed by atoms with van der Waals surface area (Å²) in [6.45, 7) is 9.18. The number of benzene rings is 1. The number of carbonyl (C=O) groups excluding carboxylic acids is 2. The standard InChI is InChI=1S/C26H29N5O3S2/c1-5-23(32)31-12-8-11-30(16-18(31)3)25(33)19-14-21(17(2)13-20(19)34-4)35-24-15-28-26(36-24)29-22-9-6-7-10-27-22/h5-7,9-10,13-15,18H,1,8,11-12,16H2,2-4H3,(H,27,28,29)/t18-/m1/s1. The molecule has 0 bridgehead atoms. The van der Waals surface area contributed by atoms with Gasteiger partial charge in [0.25, 0.3) is 5.91 Å². The molecule has 8 nitrogen and oxygen atoms in total. The van der Waals surface area contributed by atoms with Crippen LogP contribution in [0.5, 0.6) is 5.75 Å². The largest absolute Gasteiger partial charge is 0.496 e. The van der Waals surface area contributed by atoms with Gasteiger partial charge in [-0.15, -0.1) is 0 Å². The minimum absolute atomic E-state index is 0.102. The van der Waals surface area contributed by atoms with Crippen LogP contribution in [0, 0.1) is 6.92 Å². The lowest BCUT2D eigenvalue weighted by atomic mass is 10.1. The minimum Gasteiger partial charge on any atom is -0.496 e. The molecule has 10 heteroatoms. The second-order valence-electron chi connectivity index (χ2n) is 8.43. The number of rotatable bonds is 7. The molecule has 0 spiro atoms. The maximum absolute atomic E-state index is 13.6. The minimum atomic E-state index is -0.107. The third-order valence-corrected chi connectivity index (χ3v) is 8.08. The van der Waals surface area contributed by atoms with Crippen LogP contribution in [-0.4, -0.2) is 64.4 Å². The van der Waals surface area contributed by atoms with Crippen LogP contribution in [0.3, 0.4) is 0 Å². The fourth-order valence-corrected chi connectivity index (χ4v) is 6.04. The van der Waals surface area contributed by atoms with Gasteiger partial charge in [-0.1, -0.05) is 35.7 Å². The van der Waals surface area contributed by atoms with Gasteiger partial charge in [0.15, 0.2) is 5.13 Å². The number of anilines is 2. The van der Waals surface area contributed by atoms with Gasteiger partial charge in [-0.25, -0.2) is 9.97 Å². The number of aryl methyl sites for hydroxylation is 1. The number of hydrogen-bond donors (Lipinski definition) is 1. The van der Waals surface area contributed by atoms with E-state index in [1.165, 1.54) is 17.4 Å². The molecular formula is C26H29N5O3S2. The van der Waals surface area contributed by atoms with Gasteiger partial charge in [-0.3, -0.25) is 9.59 Å². The van der Waals surface area contributed by atoms with Gasteiger partial charge < -0.3 is 19.9 Å². The number of carbonyl (C=O) groups is 2. The lowest BCUT2D eigenvalue weighted by Gasteiger charge is -2.28. The van der Waals surface area contributed by atoms with Gasteiger partial charge in [-0.05, 0) is 56.2 Å². The molecule has 3 aromatic rings. The summed E-state index contributed by atoms with van der Waals surface area (Å²) in [6.07, 6.45) is 5.58. The lowest BCUT2D eigenvalue weighted by Crippen LogP contribution is -2.43. The zero-order chi connectivity index (χ0) is 25.7. The number of ether oxygens (including phenoxy) is 1. The van der Waals surface area contributed by atoms with E-state index in [2.05, 4.69) is 21.9 Å². The van der Waals surface area contributed by atoms with Crippen molar-refractivity contribution in [1.82, 2.24) is 19.8 Å². The van der Waals surface area contributed by atoms with Crippen molar-refractivity contribution < 1.29 is 14.3 Å². The van der Waals surface area contributed by atoms with Crippen molar-refractivity contribution >= 4 is 45.9 Å². The number of aromatic nitrogens is 2. The van der Waals surface area contributed by atoms with Crippen LogP contribution in [0.15, 0.2) is 64.5 Å². The highest BCUT2D eigenvalue weighted by atomic mass is 32.2. The molecule has 188 valence electrons. The lowest BCUT2D eigenvalue weighted by molar-refractivity contribution is -0.127. The van der Waals surface area contributed by atoms with E-state index in [0.717, 1.165) is 25.6 Å². The number of nitrogens with one attached hydrogen (secondary N) is 1. The Morgan fingerprint density at radius 3 is 2.83 bits per heavy atom. The van der Waals surface area contributed by atoms with Crippen LogP contribution in [0.25, 0.3) is 0 Å². The monoisotopic (exact) mass is 523 g/mol. The van der Waals surface area contributed by atoms with E-state index in [1.54, 1.807) is 30.0 Å². The molecule has 0 aliphatic carbocycles. The Bertz CT molecular complexity index is 1250. The summed E-state index contributed by atoms with van der Waals surface area (Å²) < 4.78 is 6.58. The van der Waals surface area contributed by atoms with Gasteiger partial charge in [0.2, 0.25) is 5.91 Å². The molecule has 1 atom stereocenters. The summed E-state index contributed by atoms with van der Waals surface area (Å²) in [6, 6.07) is 9.36. The summed E-state index contributed by atoms with van der Waals surface area (Å²) in [5.74, 6) is 1.07. The molecule has 0 unspecified atom stereocenters. The Balaban J connectivity index is 1.54. The summed E-state index contributed by atoms with van der Waals surface area (Å²) in [4.78, 5) is 39.1. The first kappa shape index (κ1) is 25.7. The molecule has 3 heterocycles. The predicted octanol–water partition coefficient (Wildman–Crippen LogP) is 5.00. The van der Waals surface area contributed by atoms with E-state index >= 15 is 0 Å². The van der Waals surface area contributed by atoms with Crippen LogP contribution in [0.1, 0.15) is 29.3 Å². The average Bonchev–Trinajstić information content (AvgIpc) is 3.22. The number of methoxy groups -OCH3 is 1. The van der Waals surface area contributed by atoms with Crippen LogP contribution in [-0.2, 0) is 4.79 Å². The topological polar surface area (TPSA) is 87.7 Å². The summed E-state index contributed by atoms with van der Waals surface area (Å²) >= 11 is 3.08. The van der Waals surface area contributed by atoms with E-state index in [9.17, 15) is 9.59 Å². The van der Waals surface area contributed by atoms with E-state index in [1.807, 2.05) is 55.3 Å². The predicted molar refractivity (Wildman–Crippen MR) is 143 cm³/mol. The maximum atomic E-state index is 13.6. The van der Waals surface area contributed by atoms with Gasteiger partial charge in [0.05, 0.1) is 23.1 Å². The first-order valence-corrected chi connectivity index (χ1v) is 13.3. The molecule has 1 N–H and O–H groups in total. The first-order chi connectivity index (χ1) is 17.4. The molecule has 2 amide bonds. The molecule has 0 radical (unpaired) electrons. The number of amides is 2. The average molecular weight is 524 g/mol. The second kappa shape index (κ2) is 11.6. The maximum Gasteiger partial charge on any atom is 0.257 e. The van der Waals surface area contributed by atoms with Crippen LogP contribution in [0.2, 0.25) is 0 Å². The fourth-order valence-electron chi connectivity index (χ4n) is 4.09. The van der Waals surface area contributed by atoms with Crippen molar-refractivity contribution in [3.05, 3.63) is 66.5 Å². The quantitative estimate of drug-likeness (QED) is 0.436. The van der Waals surface area contributed by atoms with Crippen molar-refractivity contribution in [2.45, 2.75) is 35.4 Å². The molecule has 1 aliphatic rings. The zero-order valence-corrected chi connectivity index (χ0v) is 22.2. The normalized spacial score (nSPS) is 15.8. The zero-order valence-electron chi connectivity index (χ0n) is 20.6. The number of thiazole rings is 1. The molecule has 1 fully saturated rings. The van der Waals surface area contributed by atoms with Crippen LogP contribution < -0.4 is 10.1 Å². The second-order valence-corrected chi connectivity index (χ2v) is 10.8. The Morgan fingerprint density at radius 1 is 1.28 bits per heavy atom. The number of hydrogen-bond acceptors (Lipinski definition) is 8. The molecule has 1 saturated heterocycles. The van der Waals surface area contributed by atoms with Gasteiger partial charge in [-0.2, -0.15) is 0 Å². The third kappa shape index (κ3) is 5.88. The van der Waals surface area contributed by atoms with Gasteiger partial charge in [0, 0.05) is 36.8 Å². The van der Waals surface area contributed by atoms with Crippen LogP contribution >= 0.6 is 23.1 Å². The van der Waals surface area contributed by atoms with E-state index in [4.69, 9.17) is 4.74 Å². The first-order valence-electron chi connectivity index (χ1n) is 11.6. The van der Waals surface area contributed by atoms with E-state index < -0.39 is 0 Å². The molecular weight excluding hydrogens is 494 g/mol. The van der Waals surface area contributed by atoms with Crippen molar-refractivity contribution in [2.24, 2.45) is 0 Å². The highest BCUT2D eigenvalue weighted by molar-refractivity contribution is 8.01. The molecule has 1 aliphatic heterocycles. The summed E-state index contributed by atoms with van der Waals surface area (Å²) in [7, 11) is 1.58. The van der Waals surface area contributed by atoms with Crippen molar-refractivity contribution in [1.29, 1.82) is 0 Å². The fraction of sp³-hybridized carbons (Fsp3) is 0.308. The van der Waals surface area contributed by atoms with Gasteiger partial charge in [0.1, 0.15) is 11.6 Å². The molecule has 2 aromatic heterocycles. The number of pyridine rings is 1. The van der Waals surface area contributed by atoms with Crippen molar-refractivity contribution in [3.63, 3.8) is 0 Å². The molecule has 0 saturated carbocycles. The SMILES string of the molecule is C=CC(=O)N1CCCN(C(=O)c2cc(Sc3cnc(Nc4ccccn4)s3)c(C)cc2OC)C[C@H]1C. The Kier molecular flexibility index (Phi) is 8.27. The van der Waals surface area contributed by atoms with E-state index in [0.29, 0.717) is 37.4 Å².